The Morgan fingerprint density at radius 1 is 1.11 bits per heavy atom. The lowest BCUT2D eigenvalue weighted by molar-refractivity contribution is 0.355. The lowest BCUT2D eigenvalue weighted by Gasteiger charge is -2.10. The summed E-state index contributed by atoms with van der Waals surface area (Å²) in [4.78, 5) is 8.02. The van der Waals surface area contributed by atoms with Crippen LogP contribution in [0, 0.1) is 0 Å². The molecule has 2 rings (SSSR count). The molecular formula is C13H15N3O2. The van der Waals surface area contributed by atoms with E-state index in [-0.39, 0.29) is 0 Å². The molecule has 1 N–H and O–H groups in total. The van der Waals surface area contributed by atoms with Crippen LogP contribution in [-0.2, 0) is 6.54 Å². The molecule has 0 unspecified atom stereocenters. The van der Waals surface area contributed by atoms with Crippen LogP contribution in [0.25, 0.3) is 0 Å². The zero-order valence-corrected chi connectivity index (χ0v) is 10.4. The molecule has 1 heterocycles. The maximum absolute atomic E-state index is 5.24. The van der Waals surface area contributed by atoms with Crippen LogP contribution in [0.5, 0.6) is 11.5 Å². The number of ether oxygens (including phenoxy) is 2. The average Bonchev–Trinajstić information content (AvgIpc) is 2.45. The smallest absolute Gasteiger partial charge is 0.162 e. The molecular weight excluding hydrogens is 230 g/mol. The van der Waals surface area contributed by atoms with Crippen LogP contribution < -0.4 is 14.8 Å². The van der Waals surface area contributed by atoms with Gasteiger partial charge in [0.05, 0.1) is 26.5 Å². The number of anilines is 1. The first-order valence-corrected chi connectivity index (χ1v) is 5.54. The van der Waals surface area contributed by atoms with E-state index in [1.54, 1.807) is 20.4 Å². The summed E-state index contributed by atoms with van der Waals surface area (Å²) in [5.74, 6) is 1.41. The zero-order chi connectivity index (χ0) is 12.8. The SMILES string of the molecule is COc1ccc(NCc2ccncn2)cc1OC. The summed E-state index contributed by atoms with van der Waals surface area (Å²) in [5.41, 5.74) is 1.88. The van der Waals surface area contributed by atoms with Gasteiger partial charge in [-0.15, -0.1) is 0 Å². The molecule has 18 heavy (non-hydrogen) atoms. The Hall–Kier alpha value is -2.30. The third-order valence-corrected chi connectivity index (χ3v) is 2.50. The largest absolute Gasteiger partial charge is 0.493 e. The predicted octanol–water partition coefficient (Wildman–Crippen LogP) is 2.11. The van der Waals surface area contributed by atoms with Gasteiger partial charge in [0.2, 0.25) is 0 Å². The molecule has 0 spiro atoms. The Morgan fingerprint density at radius 2 is 1.94 bits per heavy atom. The molecule has 1 aromatic carbocycles. The van der Waals surface area contributed by atoms with Crippen LogP contribution in [0.15, 0.2) is 36.8 Å². The van der Waals surface area contributed by atoms with Crippen LogP contribution in [0.1, 0.15) is 5.69 Å². The van der Waals surface area contributed by atoms with E-state index in [9.17, 15) is 0 Å². The lowest BCUT2D eigenvalue weighted by atomic mass is 10.2. The number of hydrogen-bond acceptors (Lipinski definition) is 5. The topological polar surface area (TPSA) is 56.3 Å². The highest BCUT2D eigenvalue weighted by Gasteiger charge is 2.04. The molecule has 5 nitrogen and oxygen atoms in total. The Bertz CT molecular complexity index is 503. The molecule has 0 saturated carbocycles. The summed E-state index contributed by atoms with van der Waals surface area (Å²) in [6.07, 6.45) is 3.25. The Morgan fingerprint density at radius 3 is 2.61 bits per heavy atom. The standard InChI is InChI=1S/C13H15N3O2/c1-17-12-4-3-10(7-13(12)18-2)15-8-11-5-6-14-9-16-11/h3-7,9,15H,8H2,1-2H3. The molecule has 94 valence electrons. The van der Waals surface area contributed by atoms with Crippen molar-refractivity contribution in [1.82, 2.24) is 9.97 Å². The van der Waals surface area contributed by atoms with Gasteiger partial charge >= 0.3 is 0 Å². The van der Waals surface area contributed by atoms with Crippen molar-refractivity contribution in [2.75, 3.05) is 19.5 Å². The van der Waals surface area contributed by atoms with Gasteiger partial charge in [-0.05, 0) is 18.2 Å². The van der Waals surface area contributed by atoms with Gasteiger partial charge in [-0.25, -0.2) is 9.97 Å². The summed E-state index contributed by atoms with van der Waals surface area (Å²) < 4.78 is 10.4. The first-order chi connectivity index (χ1) is 8.83. The van der Waals surface area contributed by atoms with Gasteiger partial charge in [0.15, 0.2) is 11.5 Å². The highest BCUT2D eigenvalue weighted by atomic mass is 16.5. The highest BCUT2D eigenvalue weighted by Crippen LogP contribution is 2.29. The predicted molar refractivity (Wildman–Crippen MR) is 68.9 cm³/mol. The van der Waals surface area contributed by atoms with E-state index in [1.807, 2.05) is 24.3 Å². The van der Waals surface area contributed by atoms with Gasteiger partial charge in [0.1, 0.15) is 6.33 Å². The van der Waals surface area contributed by atoms with Crippen molar-refractivity contribution in [2.45, 2.75) is 6.54 Å². The summed E-state index contributed by atoms with van der Waals surface area (Å²) in [6, 6.07) is 7.55. The van der Waals surface area contributed by atoms with Gasteiger partial charge in [-0.2, -0.15) is 0 Å². The lowest BCUT2D eigenvalue weighted by Crippen LogP contribution is -2.02. The van der Waals surface area contributed by atoms with Crippen LogP contribution in [0.4, 0.5) is 5.69 Å². The Kier molecular flexibility index (Phi) is 3.96. The van der Waals surface area contributed by atoms with Crippen molar-refractivity contribution >= 4 is 5.69 Å². The molecule has 0 aliphatic heterocycles. The number of rotatable bonds is 5. The minimum absolute atomic E-state index is 0.637. The third-order valence-electron chi connectivity index (χ3n) is 2.50. The molecule has 0 radical (unpaired) electrons. The van der Waals surface area contributed by atoms with Gasteiger partial charge in [-0.3, -0.25) is 0 Å². The van der Waals surface area contributed by atoms with E-state index < -0.39 is 0 Å². The van der Waals surface area contributed by atoms with Crippen molar-refractivity contribution in [1.29, 1.82) is 0 Å². The normalized spacial score (nSPS) is 9.89. The molecule has 0 aliphatic rings. The van der Waals surface area contributed by atoms with E-state index in [4.69, 9.17) is 9.47 Å². The molecule has 0 saturated heterocycles. The highest BCUT2D eigenvalue weighted by molar-refractivity contribution is 5.54. The number of hydrogen-bond donors (Lipinski definition) is 1. The van der Waals surface area contributed by atoms with E-state index >= 15 is 0 Å². The maximum atomic E-state index is 5.24. The molecule has 0 amide bonds. The van der Waals surface area contributed by atoms with Crippen LogP contribution in [0.2, 0.25) is 0 Å². The summed E-state index contributed by atoms with van der Waals surface area (Å²) >= 11 is 0. The monoisotopic (exact) mass is 245 g/mol. The molecule has 1 aromatic heterocycles. The van der Waals surface area contributed by atoms with Crippen LogP contribution in [-0.4, -0.2) is 24.2 Å². The van der Waals surface area contributed by atoms with Crippen LogP contribution in [0.3, 0.4) is 0 Å². The van der Waals surface area contributed by atoms with Gasteiger partial charge in [0, 0.05) is 18.0 Å². The number of aromatic nitrogens is 2. The second kappa shape index (κ2) is 5.86. The number of methoxy groups -OCH3 is 2. The van der Waals surface area contributed by atoms with E-state index in [1.165, 1.54) is 6.33 Å². The molecule has 0 fully saturated rings. The van der Waals surface area contributed by atoms with Gasteiger partial charge in [-0.1, -0.05) is 0 Å². The first kappa shape index (κ1) is 12.2. The first-order valence-electron chi connectivity index (χ1n) is 5.54. The summed E-state index contributed by atoms with van der Waals surface area (Å²) in [7, 11) is 3.23. The zero-order valence-electron chi connectivity index (χ0n) is 10.4. The fraction of sp³-hybridized carbons (Fsp3) is 0.231. The van der Waals surface area contributed by atoms with Gasteiger partial charge in [0.25, 0.3) is 0 Å². The second-order valence-electron chi connectivity index (χ2n) is 3.62. The quantitative estimate of drug-likeness (QED) is 0.874. The van der Waals surface area contributed by atoms with Crippen molar-refractivity contribution < 1.29 is 9.47 Å². The molecule has 5 heteroatoms. The number of benzene rings is 1. The summed E-state index contributed by atoms with van der Waals surface area (Å²) in [6.45, 7) is 0.637. The minimum Gasteiger partial charge on any atom is -0.493 e. The van der Waals surface area contributed by atoms with Crippen molar-refractivity contribution in [3.63, 3.8) is 0 Å². The molecule has 0 atom stereocenters. The van der Waals surface area contributed by atoms with E-state index in [0.717, 1.165) is 11.4 Å². The van der Waals surface area contributed by atoms with Gasteiger partial charge < -0.3 is 14.8 Å². The number of nitrogens with zero attached hydrogens (tertiary/aromatic N) is 2. The molecule has 2 aromatic rings. The third kappa shape index (κ3) is 2.88. The average molecular weight is 245 g/mol. The number of nitrogens with one attached hydrogen (secondary N) is 1. The fourth-order valence-electron chi connectivity index (χ4n) is 1.56. The van der Waals surface area contributed by atoms with Crippen molar-refractivity contribution in [3.8, 4) is 11.5 Å². The van der Waals surface area contributed by atoms with Crippen LogP contribution >= 0.6 is 0 Å². The second-order valence-corrected chi connectivity index (χ2v) is 3.62. The Labute approximate surface area is 106 Å². The summed E-state index contributed by atoms with van der Waals surface area (Å²) in [5, 5.41) is 3.26. The maximum Gasteiger partial charge on any atom is 0.162 e. The van der Waals surface area contributed by atoms with Crippen molar-refractivity contribution in [3.05, 3.63) is 42.5 Å². The van der Waals surface area contributed by atoms with Crippen molar-refractivity contribution in [2.24, 2.45) is 0 Å². The fourth-order valence-corrected chi connectivity index (χ4v) is 1.56. The molecule has 0 bridgehead atoms. The van der Waals surface area contributed by atoms with E-state index in [0.29, 0.717) is 18.0 Å². The Balaban J connectivity index is 2.06. The van der Waals surface area contributed by atoms with E-state index in [2.05, 4.69) is 15.3 Å². The molecule has 0 aliphatic carbocycles. The minimum atomic E-state index is 0.637.